The van der Waals surface area contributed by atoms with Gasteiger partial charge in [-0.15, -0.1) is 0 Å². The van der Waals surface area contributed by atoms with E-state index in [1.807, 2.05) is 62.9 Å². The molecule has 1 saturated heterocycles. The maximum atomic E-state index is 13.6. The Hall–Kier alpha value is -3.06. The summed E-state index contributed by atoms with van der Waals surface area (Å²) in [7, 11) is 5.56. The van der Waals surface area contributed by atoms with Crippen molar-refractivity contribution in [1.82, 2.24) is 4.90 Å². The summed E-state index contributed by atoms with van der Waals surface area (Å²) in [5, 5.41) is 3.03. The second-order valence-electron chi connectivity index (χ2n) is 10.6. The zero-order valence-corrected chi connectivity index (χ0v) is 21.9. The molecular formula is C28H39N3O4. The van der Waals surface area contributed by atoms with Crippen LogP contribution in [0.1, 0.15) is 56.0 Å². The Balaban J connectivity index is 1.88. The van der Waals surface area contributed by atoms with Gasteiger partial charge in [-0.1, -0.05) is 20.8 Å². The Morgan fingerprint density at radius 2 is 1.83 bits per heavy atom. The van der Waals surface area contributed by atoms with Gasteiger partial charge in [-0.2, -0.15) is 0 Å². The van der Waals surface area contributed by atoms with E-state index < -0.39 is 0 Å². The van der Waals surface area contributed by atoms with Gasteiger partial charge in [0.1, 0.15) is 5.75 Å². The molecule has 7 nitrogen and oxygen atoms in total. The molecule has 0 saturated carbocycles. The van der Waals surface area contributed by atoms with Crippen molar-refractivity contribution in [3.63, 3.8) is 0 Å². The number of benzene rings is 2. The average Bonchev–Trinajstić information content (AvgIpc) is 3.30. The number of hydrogen-bond acceptors (Lipinski definition) is 5. The third-order valence-corrected chi connectivity index (χ3v) is 5.97. The Kier molecular flexibility index (Phi) is 8.78. The molecule has 7 heteroatoms. The zero-order valence-electron chi connectivity index (χ0n) is 21.9. The number of methoxy groups -OCH3 is 1. The van der Waals surface area contributed by atoms with E-state index in [1.54, 1.807) is 31.4 Å². The SMILES string of the molecule is COc1ccc(C(=O)N(Cc2cc(NC(=O)CC(C)(C)C)ccc2N(C)C)C[C@H]2CCCO2)cc1. The lowest BCUT2D eigenvalue weighted by molar-refractivity contribution is -0.117. The number of nitrogens with one attached hydrogen (secondary N) is 1. The lowest BCUT2D eigenvalue weighted by Crippen LogP contribution is -2.37. The number of anilines is 2. The summed E-state index contributed by atoms with van der Waals surface area (Å²) >= 11 is 0. The molecule has 2 aromatic rings. The van der Waals surface area contributed by atoms with Crippen LogP contribution in [0.3, 0.4) is 0 Å². The van der Waals surface area contributed by atoms with Gasteiger partial charge in [0.25, 0.3) is 5.91 Å². The highest BCUT2D eigenvalue weighted by molar-refractivity contribution is 5.94. The maximum Gasteiger partial charge on any atom is 0.254 e. The lowest BCUT2D eigenvalue weighted by Gasteiger charge is -2.28. The van der Waals surface area contributed by atoms with Gasteiger partial charge in [0.2, 0.25) is 5.91 Å². The Morgan fingerprint density at radius 3 is 2.40 bits per heavy atom. The monoisotopic (exact) mass is 481 g/mol. The summed E-state index contributed by atoms with van der Waals surface area (Å²) in [6.45, 7) is 7.77. The van der Waals surface area contributed by atoms with Gasteiger partial charge in [0.05, 0.1) is 13.2 Å². The van der Waals surface area contributed by atoms with Crippen LogP contribution in [-0.2, 0) is 16.1 Å². The normalized spacial score (nSPS) is 15.5. The summed E-state index contributed by atoms with van der Waals surface area (Å²) < 4.78 is 11.1. The van der Waals surface area contributed by atoms with Gasteiger partial charge in [-0.25, -0.2) is 0 Å². The van der Waals surface area contributed by atoms with E-state index in [0.29, 0.717) is 30.8 Å². The van der Waals surface area contributed by atoms with Crippen molar-refractivity contribution in [2.24, 2.45) is 5.41 Å². The highest BCUT2D eigenvalue weighted by Gasteiger charge is 2.25. The number of rotatable bonds is 9. The van der Waals surface area contributed by atoms with Crippen LogP contribution in [-0.4, -0.2) is 57.2 Å². The van der Waals surface area contributed by atoms with Crippen molar-refractivity contribution >= 4 is 23.2 Å². The van der Waals surface area contributed by atoms with Crippen LogP contribution in [0.2, 0.25) is 0 Å². The second-order valence-corrected chi connectivity index (χ2v) is 10.6. The van der Waals surface area contributed by atoms with Crippen LogP contribution in [0.15, 0.2) is 42.5 Å². The van der Waals surface area contributed by atoms with Crippen molar-refractivity contribution in [3.8, 4) is 5.75 Å². The van der Waals surface area contributed by atoms with Gasteiger partial charge in [0, 0.05) is 57.2 Å². The predicted octanol–water partition coefficient (Wildman–Crippen LogP) is 4.96. The van der Waals surface area contributed by atoms with Crippen molar-refractivity contribution in [2.45, 2.75) is 52.7 Å². The van der Waals surface area contributed by atoms with Crippen LogP contribution >= 0.6 is 0 Å². The fourth-order valence-corrected chi connectivity index (χ4v) is 4.29. The molecule has 1 atom stereocenters. The summed E-state index contributed by atoms with van der Waals surface area (Å²) in [4.78, 5) is 30.0. The van der Waals surface area contributed by atoms with Crippen LogP contribution in [0.5, 0.6) is 5.75 Å². The maximum absolute atomic E-state index is 13.6. The average molecular weight is 482 g/mol. The minimum atomic E-state index is -0.0979. The third kappa shape index (κ3) is 7.72. The molecule has 0 radical (unpaired) electrons. The Labute approximate surface area is 209 Å². The molecule has 190 valence electrons. The van der Waals surface area contributed by atoms with Crippen molar-refractivity contribution < 1.29 is 19.1 Å². The topological polar surface area (TPSA) is 71.1 Å². The quantitative estimate of drug-likeness (QED) is 0.548. The van der Waals surface area contributed by atoms with Crippen LogP contribution in [0.4, 0.5) is 11.4 Å². The van der Waals surface area contributed by atoms with Gasteiger partial charge >= 0.3 is 0 Å². The molecule has 0 bridgehead atoms. The molecule has 1 heterocycles. The number of ether oxygens (including phenoxy) is 2. The molecule has 1 N–H and O–H groups in total. The van der Waals surface area contributed by atoms with Gasteiger partial charge in [-0.05, 0) is 66.3 Å². The fourth-order valence-electron chi connectivity index (χ4n) is 4.29. The van der Waals surface area contributed by atoms with Crippen LogP contribution in [0, 0.1) is 5.41 Å². The molecule has 2 amide bonds. The van der Waals surface area contributed by atoms with E-state index in [1.165, 1.54) is 0 Å². The van der Waals surface area contributed by atoms with E-state index >= 15 is 0 Å². The Morgan fingerprint density at radius 1 is 1.11 bits per heavy atom. The van der Waals surface area contributed by atoms with Gasteiger partial charge in [0.15, 0.2) is 0 Å². The molecule has 0 aliphatic carbocycles. The molecule has 0 spiro atoms. The molecule has 0 aromatic heterocycles. The molecule has 1 aliphatic heterocycles. The molecular weight excluding hydrogens is 442 g/mol. The summed E-state index contributed by atoms with van der Waals surface area (Å²) in [5.41, 5.74) is 3.19. The minimum Gasteiger partial charge on any atom is -0.497 e. The van der Waals surface area contributed by atoms with Crippen molar-refractivity contribution in [2.75, 3.05) is 44.6 Å². The van der Waals surface area contributed by atoms with Crippen LogP contribution in [0.25, 0.3) is 0 Å². The summed E-state index contributed by atoms with van der Waals surface area (Å²) in [5.74, 6) is 0.627. The van der Waals surface area contributed by atoms with Gasteiger partial charge < -0.3 is 24.6 Å². The molecule has 1 fully saturated rings. The first-order valence-electron chi connectivity index (χ1n) is 12.2. The molecule has 0 unspecified atom stereocenters. The number of nitrogens with zero attached hydrogens (tertiary/aromatic N) is 2. The molecule has 35 heavy (non-hydrogen) atoms. The molecule has 3 rings (SSSR count). The first-order valence-corrected chi connectivity index (χ1v) is 12.2. The van der Waals surface area contributed by atoms with E-state index in [0.717, 1.165) is 36.4 Å². The zero-order chi connectivity index (χ0) is 25.6. The second kappa shape index (κ2) is 11.6. The van der Waals surface area contributed by atoms with Crippen molar-refractivity contribution in [3.05, 3.63) is 53.6 Å². The van der Waals surface area contributed by atoms with Crippen molar-refractivity contribution in [1.29, 1.82) is 0 Å². The summed E-state index contributed by atoms with van der Waals surface area (Å²) in [6.07, 6.45) is 2.40. The van der Waals surface area contributed by atoms with Crippen LogP contribution < -0.4 is 15.0 Å². The first-order chi connectivity index (χ1) is 16.6. The van der Waals surface area contributed by atoms with Gasteiger partial charge in [-0.3, -0.25) is 9.59 Å². The van der Waals surface area contributed by atoms with E-state index in [-0.39, 0.29) is 23.3 Å². The Bertz CT molecular complexity index is 1010. The molecule has 2 aromatic carbocycles. The van der Waals surface area contributed by atoms with E-state index in [4.69, 9.17) is 9.47 Å². The highest BCUT2D eigenvalue weighted by atomic mass is 16.5. The number of carbonyl (C=O) groups is 2. The first kappa shape index (κ1) is 26.5. The fraction of sp³-hybridized carbons (Fsp3) is 0.500. The third-order valence-electron chi connectivity index (χ3n) is 5.97. The number of hydrogen-bond donors (Lipinski definition) is 1. The minimum absolute atomic E-state index is 0.0217. The predicted molar refractivity (Wildman–Crippen MR) is 140 cm³/mol. The number of carbonyl (C=O) groups excluding carboxylic acids is 2. The van der Waals surface area contributed by atoms with E-state index in [2.05, 4.69) is 5.32 Å². The number of amides is 2. The van der Waals surface area contributed by atoms with E-state index in [9.17, 15) is 9.59 Å². The summed E-state index contributed by atoms with van der Waals surface area (Å²) in [6, 6.07) is 13.1. The smallest absolute Gasteiger partial charge is 0.254 e. The lowest BCUT2D eigenvalue weighted by atomic mass is 9.92. The molecule has 1 aliphatic rings. The highest BCUT2D eigenvalue weighted by Crippen LogP contribution is 2.27. The largest absolute Gasteiger partial charge is 0.497 e. The standard InChI is InChI=1S/C28H39N3O4/c1-28(2,3)17-26(32)29-22-11-14-25(30(4)5)21(16-22)18-31(19-24-8-7-15-35-24)27(33)20-9-12-23(34-6)13-10-20/h9-14,16,24H,7-8,15,17-19H2,1-6H3,(H,29,32)/t24-/m1/s1.